The van der Waals surface area contributed by atoms with Gasteiger partial charge in [-0.3, -0.25) is 10.1 Å². The van der Waals surface area contributed by atoms with Gasteiger partial charge in [0, 0.05) is 5.56 Å². The Labute approximate surface area is 132 Å². The molecule has 0 saturated carbocycles. The Balaban J connectivity index is 1.67. The summed E-state index contributed by atoms with van der Waals surface area (Å²) < 4.78 is 0. The summed E-state index contributed by atoms with van der Waals surface area (Å²) in [6.45, 7) is 0. The highest BCUT2D eigenvalue weighted by Gasteiger charge is 2.08. The molecule has 22 heavy (non-hydrogen) atoms. The molecule has 0 spiro atoms. The molecule has 0 bridgehead atoms. The molecule has 0 aliphatic rings. The highest BCUT2D eigenvalue weighted by Crippen LogP contribution is 2.18. The van der Waals surface area contributed by atoms with Crippen LogP contribution in [-0.2, 0) is 0 Å². The van der Waals surface area contributed by atoms with Gasteiger partial charge in [0.05, 0.1) is 0 Å². The molecule has 1 aromatic heterocycles. The van der Waals surface area contributed by atoms with Crippen LogP contribution in [-0.4, -0.2) is 16.1 Å². The minimum atomic E-state index is -0.185. The first kappa shape index (κ1) is 14.2. The molecule has 1 amide bonds. The number of nitrogens with zero attached hydrogens (tertiary/aromatic N) is 2. The molecule has 3 aromatic rings. The lowest BCUT2D eigenvalue weighted by Gasteiger charge is -1.99. The number of carbonyl (C=O) groups excluding carboxylic acids is 1. The van der Waals surface area contributed by atoms with E-state index >= 15 is 0 Å². The molecular weight excluding hydrogens is 294 g/mol. The van der Waals surface area contributed by atoms with Gasteiger partial charge in [0.15, 0.2) is 0 Å². The van der Waals surface area contributed by atoms with Gasteiger partial charge in [-0.15, -0.1) is 10.2 Å². The number of anilines is 1. The van der Waals surface area contributed by atoms with Crippen LogP contribution in [0.1, 0.15) is 20.9 Å². The fraction of sp³-hybridized carbons (Fsp3) is 0. The Kier molecular flexibility index (Phi) is 4.36. The van der Waals surface area contributed by atoms with E-state index in [9.17, 15) is 4.79 Å². The predicted molar refractivity (Wildman–Crippen MR) is 89.7 cm³/mol. The molecule has 0 fully saturated rings. The molecule has 108 valence electrons. The summed E-state index contributed by atoms with van der Waals surface area (Å²) in [5, 5.41) is 12.0. The average molecular weight is 307 g/mol. The summed E-state index contributed by atoms with van der Waals surface area (Å²) in [4.78, 5) is 12.0. The van der Waals surface area contributed by atoms with Crippen LogP contribution >= 0.6 is 11.3 Å². The standard InChI is InChI=1S/C17H13N3OS/c21-16(14-9-5-2-6-10-14)18-17-20-19-15(22-17)12-11-13-7-3-1-4-8-13/h1-12H,(H,18,20,21). The van der Waals surface area contributed by atoms with Crippen molar-refractivity contribution in [1.29, 1.82) is 0 Å². The van der Waals surface area contributed by atoms with Gasteiger partial charge >= 0.3 is 0 Å². The number of carbonyl (C=O) groups is 1. The topological polar surface area (TPSA) is 54.9 Å². The molecule has 0 unspecified atom stereocenters. The van der Waals surface area contributed by atoms with E-state index in [-0.39, 0.29) is 5.91 Å². The van der Waals surface area contributed by atoms with Crippen molar-refractivity contribution in [1.82, 2.24) is 10.2 Å². The molecule has 5 heteroatoms. The highest BCUT2D eigenvalue weighted by atomic mass is 32.1. The summed E-state index contributed by atoms with van der Waals surface area (Å²) in [6.07, 6.45) is 3.84. The highest BCUT2D eigenvalue weighted by molar-refractivity contribution is 7.16. The van der Waals surface area contributed by atoms with E-state index in [1.165, 1.54) is 11.3 Å². The molecule has 0 aliphatic heterocycles. The maximum Gasteiger partial charge on any atom is 0.257 e. The van der Waals surface area contributed by atoms with Gasteiger partial charge in [0.2, 0.25) is 5.13 Å². The summed E-state index contributed by atoms with van der Waals surface area (Å²) in [5.41, 5.74) is 1.69. The summed E-state index contributed by atoms with van der Waals surface area (Å²) in [5.74, 6) is -0.185. The first-order valence-electron chi connectivity index (χ1n) is 6.74. The van der Waals surface area contributed by atoms with Crippen LogP contribution in [0.3, 0.4) is 0 Å². The lowest BCUT2D eigenvalue weighted by atomic mass is 10.2. The van der Waals surface area contributed by atoms with Crippen molar-refractivity contribution < 1.29 is 4.79 Å². The first-order valence-corrected chi connectivity index (χ1v) is 7.56. The molecule has 0 atom stereocenters. The van der Waals surface area contributed by atoms with Crippen LogP contribution in [0.4, 0.5) is 5.13 Å². The Morgan fingerprint density at radius 1 is 0.909 bits per heavy atom. The van der Waals surface area contributed by atoms with E-state index in [0.29, 0.717) is 10.7 Å². The fourth-order valence-corrected chi connectivity index (χ4v) is 2.48. The normalized spacial score (nSPS) is 10.7. The quantitative estimate of drug-likeness (QED) is 0.793. The predicted octanol–water partition coefficient (Wildman–Crippen LogP) is 3.96. The Morgan fingerprint density at radius 3 is 2.32 bits per heavy atom. The minimum Gasteiger partial charge on any atom is -0.296 e. The lowest BCUT2D eigenvalue weighted by molar-refractivity contribution is 0.102. The van der Waals surface area contributed by atoms with Crippen LogP contribution in [0, 0.1) is 0 Å². The molecule has 2 aromatic carbocycles. The third kappa shape index (κ3) is 3.65. The Hall–Kier alpha value is -2.79. The van der Waals surface area contributed by atoms with Crippen molar-refractivity contribution in [3.8, 4) is 0 Å². The van der Waals surface area contributed by atoms with Gasteiger partial charge in [-0.05, 0) is 23.8 Å². The zero-order chi connectivity index (χ0) is 15.2. The summed E-state index contributed by atoms with van der Waals surface area (Å²) in [6, 6.07) is 19.0. The summed E-state index contributed by atoms with van der Waals surface area (Å²) >= 11 is 1.33. The van der Waals surface area contributed by atoms with Crippen molar-refractivity contribution in [2.75, 3.05) is 5.32 Å². The second kappa shape index (κ2) is 6.78. The zero-order valence-electron chi connectivity index (χ0n) is 11.6. The number of amides is 1. The van der Waals surface area contributed by atoms with Crippen molar-refractivity contribution in [2.24, 2.45) is 0 Å². The summed E-state index contributed by atoms with van der Waals surface area (Å²) in [7, 11) is 0. The van der Waals surface area contributed by atoms with Gasteiger partial charge in [0.1, 0.15) is 5.01 Å². The van der Waals surface area contributed by atoms with Crippen molar-refractivity contribution >= 4 is 34.5 Å². The van der Waals surface area contributed by atoms with Crippen molar-refractivity contribution in [3.05, 3.63) is 76.8 Å². The smallest absolute Gasteiger partial charge is 0.257 e. The number of nitrogens with one attached hydrogen (secondary N) is 1. The largest absolute Gasteiger partial charge is 0.296 e. The monoisotopic (exact) mass is 307 g/mol. The minimum absolute atomic E-state index is 0.185. The van der Waals surface area contributed by atoms with E-state index in [1.807, 2.05) is 60.7 Å². The number of benzene rings is 2. The van der Waals surface area contributed by atoms with E-state index in [4.69, 9.17) is 0 Å². The maximum absolute atomic E-state index is 12.0. The molecule has 3 rings (SSSR count). The number of aromatic nitrogens is 2. The second-order valence-corrected chi connectivity index (χ2v) is 5.52. The molecular formula is C17H13N3OS. The third-order valence-electron chi connectivity index (χ3n) is 2.92. The average Bonchev–Trinajstić information content (AvgIpc) is 3.02. The molecule has 0 saturated heterocycles. The van der Waals surface area contributed by atoms with Gasteiger partial charge < -0.3 is 0 Å². The molecule has 0 radical (unpaired) electrons. The van der Waals surface area contributed by atoms with E-state index in [2.05, 4.69) is 15.5 Å². The lowest BCUT2D eigenvalue weighted by Crippen LogP contribution is -2.11. The zero-order valence-corrected chi connectivity index (χ0v) is 12.5. The van der Waals surface area contributed by atoms with E-state index < -0.39 is 0 Å². The van der Waals surface area contributed by atoms with Gasteiger partial charge in [-0.25, -0.2) is 0 Å². The van der Waals surface area contributed by atoms with Crippen LogP contribution < -0.4 is 5.32 Å². The number of rotatable bonds is 4. The fourth-order valence-electron chi connectivity index (χ4n) is 1.84. The van der Waals surface area contributed by atoms with Crippen LogP contribution in [0.5, 0.6) is 0 Å². The number of hydrogen-bond acceptors (Lipinski definition) is 4. The van der Waals surface area contributed by atoms with Crippen LogP contribution in [0.2, 0.25) is 0 Å². The number of hydrogen-bond donors (Lipinski definition) is 1. The van der Waals surface area contributed by atoms with Gasteiger partial charge in [-0.1, -0.05) is 65.9 Å². The third-order valence-corrected chi connectivity index (χ3v) is 3.72. The Bertz CT molecular complexity index is 782. The Morgan fingerprint density at radius 2 is 1.59 bits per heavy atom. The van der Waals surface area contributed by atoms with Crippen LogP contribution in [0.15, 0.2) is 60.7 Å². The molecule has 1 N–H and O–H groups in total. The van der Waals surface area contributed by atoms with E-state index in [1.54, 1.807) is 12.1 Å². The SMILES string of the molecule is O=C(Nc1nnc(C=Cc2ccccc2)s1)c1ccccc1. The molecule has 1 heterocycles. The van der Waals surface area contributed by atoms with Crippen LogP contribution in [0.25, 0.3) is 12.2 Å². The molecule has 0 aliphatic carbocycles. The van der Waals surface area contributed by atoms with Gasteiger partial charge in [-0.2, -0.15) is 0 Å². The first-order chi connectivity index (χ1) is 10.8. The van der Waals surface area contributed by atoms with Crippen molar-refractivity contribution in [2.45, 2.75) is 0 Å². The molecule has 4 nitrogen and oxygen atoms in total. The van der Waals surface area contributed by atoms with Gasteiger partial charge in [0.25, 0.3) is 5.91 Å². The maximum atomic E-state index is 12.0. The van der Waals surface area contributed by atoms with E-state index in [0.717, 1.165) is 10.6 Å². The second-order valence-electron chi connectivity index (χ2n) is 4.51. The van der Waals surface area contributed by atoms with Crippen molar-refractivity contribution in [3.63, 3.8) is 0 Å².